The molecule has 1 heterocycles. The molecule has 1 aliphatic heterocycles. The van der Waals surface area contributed by atoms with Crippen LogP contribution in [0.4, 0.5) is 5.69 Å². The van der Waals surface area contributed by atoms with E-state index in [1.807, 2.05) is 30.3 Å². The van der Waals surface area contributed by atoms with Crippen LogP contribution in [0.25, 0.3) is 0 Å². The predicted molar refractivity (Wildman–Crippen MR) is 81.8 cm³/mol. The minimum Gasteiger partial charge on any atom is -0.478 e. The summed E-state index contributed by atoms with van der Waals surface area (Å²) in [6.45, 7) is 0.932. The Morgan fingerprint density at radius 1 is 1.20 bits per heavy atom. The molecule has 3 rings (SSSR count). The first kappa shape index (κ1) is 13.3. The fourth-order valence-corrected chi connectivity index (χ4v) is 3.39. The molecular weight excluding hydrogens is 294 g/mol. The maximum Gasteiger partial charge on any atom is 0.335 e. The minimum absolute atomic E-state index is 0.308. The number of hydrogen-bond donors (Lipinski definition) is 1. The average Bonchev–Trinajstić information content (AvgIpc) is 2.81. The molecule has 0 bridgehead atoms. The van der Waals surface area contributed by atoms with Gasteiger partial charge < -0.3 is 9.41 Å². The van der Waals surface area contributed by atoms with Crippen LogP contribution in [0.5, 0.6) is 0 Å². The summed E-state index contributed by atoms with van der Waals surface area (Å²) < 4.78 is 2.21. The van der Waals surface area contributed by atoms with Gasteiger partial charge in [-0.05, 0) is 66.4 Å². The summed E-state index contributed by atoms with van der Waals surface area (Å²) in [5.74, 6) is -0.900. The van der Waals surface area contributed by atoms with Gasteiger partial charge in [-0.1, -0.05) is 11.6 Å². The highest BCUT2D eigenvalue weighted by atomic mass is 35.5. The summed E-state index contributed by atoms with van der Waals surface area (Å²) in [6.07, 6.45) is 0.982. The Morgan fingerprint density at radius 2 is 1.95 bits per heavy atom. The first-order valence-corrected chi connectivity index (χ1v) is 7.36. The molecular formula is C15H12ClNO2S. The molecule has 0 fully saturated rings. The lowest BCUT2D eigenvalue weighted by Gasteiger charge is -2.17. The van der Waals surface area contributed by atoms with Gasteiger partial charge >= 0.3 is 5.97 Å². The van der Waals surface area contributed by atoms with E-state index in [4.69, 9.17) is 16.7 Å². The summed E-state index contributed by atoms with van der Waals surface area (Å²) >= 11 is 7.61. The number of carboxylic acids is 1. The second-order valence-electron chi connectivity index (χ2n) is 4.55. The van der Waals surface area contributed by atoms with Gasteiger partial charge in [-0.3, -0.25) is 0 Å². The molecule has 0 atom stereocenters. The number of halogens is 1. The summed E-state index contributed by atoms with van der Waals surface area (Å²) in [5.41, 5.74) is 2.75. The van der Waals surface area contributed by atoms with E-state index in [9.17, 15) is 4.79 Å². The third kappa shape index (κ3) is 2.62. The van der Waals surface area contributed by atoms with Crippen LogP contribution >= 0.6 is 23.5 Å². The van der Waals surface area contributed by atoms with Crippen LogP contribution in [0.1, 0.15) is 15.9 Å². The standard InChI is InChI=1S/C15H12ClNO2S/c16-12-3-6-14-11(9-12)7-8-17(14)20-13-4-1-10(2-5-13)15(18)19/h1-6,9H,7-8H2,(H,18,19). The second kappa shape index (κ2) is 5.38. The molecule has 0 radical (unpaired) electrons. The summed E-state index contributed by atoms with van der Waals surface area (Å²) in [6, 6.07) is 12.9. The number of benzene rings is 2. The Balaban J connectivity index is 1.78. The molecule has 0 unspecified atom stereocenters. The molecule has 2 aromatic rings. The van der Waals surface area contributed by atoms with Crippen molar-refractivity contribution < 1.29 is 9.90 Å². The van der Waals surface area contributed by atoms with E-state index in [1.54, 1.807) is 24.1 Å². The average molecular weight is 306 g/mol. The Hall–Kier alpha value is -1.65. The van der Waals surface area contributed by atoms with Crippen LogP contribution < -0.4 is 4.31 Å². The molecule has 0 amide bonds. The molecule has 20 heavy (non-hydrogen) atoms. The van der Waals surface area contributed by atoms with E-state index in [2.05, 4.69) is 4.31 Å². The Morgan fingerprint density at radius 3 is 2.65 bits per heavy atom. The van der Waals surface area contributed by atoms with Gasteiger partial charge in [-0.15, -0.1) is 0 Å². The van der Waals surface area contributed by atoms with Crippen molar-refractivity contribution in [2.45, 2.75) is 11.3 Å². The van der Waals surface area contributed by atoms with Crippen molar-refractivity contribution in [3.63, 3.8) is 0 Å². The highest BCUT2D eigenvalue weighted by molar-refractivity contribution is 8.00. The normalized spacial score (nSPS) is 13.3. The van der Waals surface area contributed by atoms with Crippen LogP contribution in [0, 0.1) is 0 Å². The zero-order valence-corrected chi connectivity index (χ0v) is 12.1. The largest absolute Gasteiger partial charge is 0.478 e. The monoisotopic (exact) mass is 305 g/mol. The second-order valence-corrected chi connectivity index (χ2v) is 6.08. The van der Waals surface area contributed by atoms with Crippen LogP contribution in [-0.4, -0.2) is 17.6 Å². The van der Waals surface area contributed by atoms with E-state index in [0.717, 1.165) is 22.9 Å². The first-order valence-electron chi connectivity index (χ1n) is 6.21. The Labute approximate surface area is 126 Å². The number of carboxylic acid groups (broad SMARTS) is 1. The number of rotatable bonds is 3. The predicted octanol–water partition coefficient (Wildman–Crippen LogP) is 4.11. The third-order valence-electron chi connectivity index (χ3n) is 3.21. The van der Waals surface area contributed by atoms with Crippen molar-refractivity contribution in [3.8, 4) is 0 Å². The van der Waals surface area contributed by atoms with Crippen molar-refractivity contribution in [1.82, 2.24) is 0 Å². The van der Waals surface area contributed by atoms with E-state index in [-0.39, 0.29) is 0 Å². The number of hydrogen-bond acceptors (Lipinski definition) is 3. The SMILES string of the molecule is O=C(O)c1ccc(SN2CCc3cc(Cl)ccc32)cc1. The minimum atomic E-state index is -0.900. The van der Waals surface area contributed by atoms with Crippen molar-refractivity contribution >= 4 is 35.2 Å². The number of nitrogens with zero attached hydrogens (tertiary/aromatic N) is 1. The lowest BCUT2D eigenvalue weighted by atomic mass is 10.2. The molecule has 3 nitrogen and oxygen atoms in total. The number of carbonyl (C=O) groups is 1. The van der Waals surface area contributed by atoms with Crippen molar-refractivity contribution in [1.29, 1.82) is 0 Å². The van der Waals surface area contributed by atoms with Gasteiger partial charge in [0, 0.05) is 16.5 Å². The number of anilines is 1. The van der Waals surface area contributed by atoms with Gasteiger partial charge in [0.05, 0.1) is 11.3 Å². The lowest BCUT2D eigenvalue weighted by Crippen LogP contribution is -2.09. The van der Waals surface area contributed by atoms with Gasteiger partial charge in [0.2, 0.25) is 0 Å². The van der Waals surface area contributed by atoms with E-state index < -0.39 is 5.97 Å². The van der Waals surface area contributed by atoms with Gasteiger partial charge in [-0.2, -0.15) is 0 Å². The zero-order chi connectivity index (χ0) is 14.1. The van der Waals surface area contributed by atoms with Crippen molar-refractivity contribution in [3.05, 3.63) is 58.6 Å². The molecule has 0 saturated heterocycles. The maximum absolute atomic E-state index is 10.8. The molecule has 1 aliphatic rings. The Kier molecular flexibility index (Phi) is 3.59. The summed E-state index contributed by atoms with van der Waals surface area (Å²) in [7, 11) is 0. The van der Waals surface area contributed by atoms with E-state index in [0.29, 0.717) is 5.56 Å². The number of fused-ring (bicyclic) bond motifs is 1. The summed E-state index contributed by atoms with van der Waals surface area (Å²) in [5, 5.41) is 9.65. The van der Waals surface area contributed by atoms with Crippen LogP contribution in [-0.2, 0) is 6.42 Å². The number of aromatic carboxylic acids is 1. The van der Waals surface area contributed by atoms with Gasteiger partial charge in [0.25, 0.3) is 0 Å². The third-order valence-corrected chi connectivity index (χ3v) is 4.53. The fraction of sp³-hybridized carbons (Fsp3) is 0.133. The maximum atomic E-state index is 10.8. The molecule has 5 heteroatoms. The van der Waals surface area contributed by atoms with Crippen LogP contribution in [0.2, 0.25) is 5.02 Å². The molecule has 2 aromatic carbocycles. The zero-order valence-electron chi connectivity index (χ0n) is 10.5. The van der Waals surface area contributed by atoms with E-state index >= 15 is 0 Å². The van der Waals surface area contributed by atoms with Crippen LogP contribution in [0.15, 0.2) is 47.4 Å². The quantitative estimate of drug-likeness (QED) is 0.866. The molecule has 0 spiro atoms. The topological polar surface area (TPSA) is 40.5 Å². The van der Waals surface area contributed by atoms with E-state index in [1.165, 1.54) is 11.3 Å². The summed E-state index contributed by atoms with van der Waals surface area (Å²) in [4.78, 5) is 11.8. The molecule has 0 aliphatic carbocycles. The molecule has 102 valence electrons. The first-order chi connectivity index (χ1) is 9.63. The lowest BCUT2D eigenvalue weighted by molar-refractivity contribution is 0.0697. The fourth-order valence-electron chi connectivity index (χ4n) is 2.22. The van der Waals surface area contributed by atoms with Crippen molar-refractivity contribution in [2.24, 2.45) is 0 Å². The highest BCUT2D eigenvalue weighted by Gasteiger charge is 2.20. The molecule has 0 saturated carbocycles. The molecule has 0 aromatic heterocycles. The molecule has 1 N–H and O–H groups in total. The Bertz CT molecular complexity index is 657. The van der Waals surface area contributed by atoms with Gasteiger partial charge in [0.1, 0.15) is 0 Å². The van der Waals surface area contributed by atoms with Gasteiger partial charge in [-0.25, -0.2) is 4.79 Å². The van der Waals surface area contributed by atoms with Crippen molar-refractivity contribution in [2.75, 3.05) is 10.8 Å². The van der Waals surface area contributed by atoms with Crippen LogP contribution in [0.3, 0.4) is 0 Å². The van der Waals surface area contributed by atoms with Gasteiger partial charge in [0.15, 0.2) is 0 Å². The highest BCUT2D eigenvalue weighted by Crippen LogP contribution is 2.37. The smallest absolute Gasteiger partial charge is 0.335 e.